The molecule has 2 fully saturated rings. The van der Waals surface area contributed by atoms with Gasteiger partial charge in [-0.05, 0) is 31.4 Å². The quantitative estimate of drug-likeness (QED) is 0.909. The Bertz CT molecular complexity index is 776. The number of hydrogen-bond acceptors (Lipinski definition) is 3. The summed E-state index contributed by atoms with van der Waals surface area (Å²) in [6, 6.07) is 8.22. The zero-order valence-corrected chi connectivity index (χ0v) is 12.7. The lowest BCUT2D eigenvalue weighted by molar-refractivity contribution is -0.139. The van der Waals surface area contributed by atoms with Crippen molar-refractivity contribution in [3.05, 3.63) is 24.3 Å². The predicted octanol–water partition coefficient (Wildman–Crippen LogP) is 2.81. The Labute approximate surface area is 133 Å². The van der Waals surface area contributed by atoms with Crippen LogP contribution in [0.2, 0.25) is 0 Å². The molecule has 0 bridgehead atoms. The molecule has 6 heteroatoms. The topological polar surface area (TPSA) is 84.2 Å². The number of carbonyl (C=O) groups is 2. The molecule has 2 saturated carbocycles. The zero-order chi connectivity index (χ0) is 16.0. The Hall–Kier alpha value is -2.37. The number of carboxylic acid groups (broad SMARTS) is 1. The Morgan fingerprint density at radius 3 is 2.61 bits per heavy atom. The third-order valence-corrected chi connectivity index (χ3v) is 4.97. The van der Waals surface area contributed by atoms with Crippen LogP contribution in [0.15, 0.2) is 24.3 Å². The number of carbonyl (C=O) groups excluding carboxylic acids is 1. The van der Waals surface area contributed by atoms with Gasteiger partial charge < -0.3 is 9.67 Å². The zero-order valence-electron chi connectivity index (χ0n) is 12.7. The number of aliphatic carboxylic acids is 1. The summed E-state index contributed by atoms with van der Waals surface area (Å²) >= 11 is 0. The van der Waals surface area contributed by atoms with Crippen LogP contribution < -0.4 is 5.32 Å². The summed E-state index contributed by atoms with van der Waals surface area (Å²) in [4.78, 5) is 27.8. The van der Waals surface area contributed by atoms with Gasteiger partial charge in [-0.3, -0.25) is 14.9 Å². The first-order valence-corrected chi connectivity index (χ1v) is 8.16. The van der Waals surface area contributed by atoms with Crippen LogP contribution in [-0.2, 0) is 9.59 Å². The summed E-state index contributed by atoms with van der Waals surface area (Å²) in [5, 5.41) is 11.9. The van der Waals surface area contributed by atoms with Gasteiger partial charge in [-0.15, -0.1) is 0 Å². The standard InChI is InChI=1S/C17H19N3O3/c21-15(11-9-12(11)16(22)23)19-17-18-13-7-3-4-8-14(13)20(17)10-5-1-2-6-10/h3-4,7-8,10-12H,1-2,5-6,9H2,(H,22,23)(H,18,19,21)/t11-,12+/m0/s1. The Kier molecular flexibility index (Phi) is 3.32. The second-order valence-corrected chi connectivity index (χ2v) is 6.51. The highest BCUT2D eigenvalue weighted by Gasteiger charge is 2.48. The molecule has 120 valence electrons. The van der Waals surface area contributed by atoms with E-state index in [0.717, 1.165) is 23.9 Å². The molecule has 1 heterocycles. The molecule has 2 aliphatic rings. The maximum atomic E-state index is 12.3. The Morgan fingerprint density at radius 1 is 1.17 bits per heavy atom. The first kappa shape index (κ1) is 14.2. The summed E-state index contributed by atoms with van der Waals surface area (Å²) in [6.45, 7) is 0. The molecule has 1 aromatic carbocycles. The number of fused-ring (bicyclic) bond motifs is 1. The monoisotopic (exact) mass is 313 g/mol. The number of anilines is 1. The maximum Gasteiger partial charge on any atom is 0.307 e. The molecule has 6 nitrogen and oxygen atoms in total. The van der Waals surface area contributed by atoms with Gasteiger partial charge in [0.2, 0.25) is 11.9 Å². The molecule has 2 aromatic rings. The minimum Gasteiger partial charge on any atom is -0.481 e. The van der Waals surface area contributed by atoms with Crippen molar-refractivity contribution in [1.29, 1.82) is 0 Å². The summed E-state index contributed by atoms with van der Waals surface area (Å²) in [7, 11) is 0. The molecule has 4 rings (SSSR count). The fourth-order valence-corrected chi connectivity index (χ4v) is 3.63. The van der Waals surface area contributed by atoms with E-state index >= 15 is 0 Å². The van der Waals surface area contributed by atoms with Gasteiger partial charge in [-0.2, -0.15) is 0 Å². The van der Waals surface area contributed by atoms with E-state index in [1.54, 1.807) is 0 Å². The number of nitrogens with one attached hydrogen (secondary N) is 1. The first-order chi connectivity index (χ1) is 11.1. The number of carboxylic acids is 1. The summed E-state index contributed by atoms with van der Waals surface area (Å²) in [5.41, 5.74) is 1.89. The molecule has 1 aromatic heterocycles. The second kappa shape index (κ2) is 5.37. The molecule has 1 amide bonds. The third-order valence-electron chi connectivity index (χ3n) is 4.97. The molecule has 2 aliphatic carbocycles. The molecule has 2 N–H and O–H groups in total. The smallest absolute Gasteiger partial charge is 0.307 e. The minimum absolute atomic E-state index is 0.230. The van der Waals surface area contributed by atoms with Gasteiger partial charge in [0, 0.05) is 6.04 Å². The van der Waals surface area contributed by atoms with E-state index in [-0.39, 0.29) is 5.91 Å². The SMILES string of the molecule is O=C(Nc1nc2ccccc2n1C1CCCC1)[C@H]1C[C@H]1C(=O)O. The lowest BCUT2D eigenvalue weighted by Crippen LogP contribution is -2.20. The van der Waals surface area contributed by atoms with Gasteiger partial charge in [0.15, 0.2) is 0 Å². The number of imidazole rings is 1. The van der Waals surface area contributed by atoms with Gasteiger partial charge in [0.05, 0.1) is 22.9 Å². The lowest BCUT2D eigenvalue weighted by Gasteiger charge is -2.16. The van der Waals surface area contributed by atoms with Crippen LogP contribution in [0.25, 0.3) is 11.0 Å². The van der Waals surface area contributed by atoms with Gasteiger partial charge in [0.25, 0.3) is 0 Å². The van der Waals surface area contributed by atoms with E-state index < -0.39 is 17.8 Å². The van der Waals surface area contributed by atoms with Crippen LogP contribution in [0.3, 0.4) is 0 Å². The van der Waals surface area contributed by atoms with E-state index in [1.807, 2.05) is 24.3 Å². The fraction of sp³-hybridized carbons (Fsp3) is 0.471. The van der Waals surface area contributed by atoms with Crippen LogP contribution in [0.5, 0.6) is 0 Å². The van der Waals surface area contributed by atoms with E-state index in [9.17, 15) is 9.59 Å². The van der Waals surface area contributed by atoms with Crippen molar-refractivity contribution < 1.29 is 14.7 Å². The van der Waals surface area contributed by atoms with Crippen molar-refractivity contribution in [2.24, 2.45) is 11.8 Å². The number of benzene rings is 1. The van der Waals surface area contributed by atoms with E-state index in [0.29, 0.717) is 18.4 Å². The highest BCUT2D eigenvalue weighted by Crippen LogP contribution is 2.40. The Morgan fingerprint density at radius 2 is 1.91 bits per heavy atom. The summed E-state index contributed by atoms with van der Waals surface area (Å²) in [6.07, 6.45) is 4.97. The van der Waals surface area contributed by atoms with Crippen molar-refractivity contribution in [2.75, 3.05) is 5.32 Å². The van der Waals surface area contributed by atoms with Gasteiger partial charge in [0.1, 0.15) is 0 Å². The van der Waals surface area contributed by atoms with Crippen molar-refractivity contribution >= 4 is 28.9 Å². The first-order valence-electron chi connectivity index (χ1n) is 8.16. The van der Waals surface area contributed by atoms with Gasteiger partial charge >= 0.3 is 5.97 Å². The fourth-order valence-electron chi connectivity index (χ4n) is 3.63. The van der Waals surface area contributed by atoms with Crippen LogP contribution >= 0.6 is 0 Å². The summed E-state index contributed by atoms with van der Waals surface area (Å²) < 4.78 is 2.12. The van der Waals surface area contributed by atoms with Gasteiger partial charge in [-0.25, -0.2) is 4.98 Å². The average molecular weight is 313 g/mol. The van der Waals surface area contributed by atoms with Gasteiger partial charge in [-0.1, -0.05) is 25.0 Å². The second-order valence-electron chi connectivity index (χ2n) is 6.51. The number of nitrogens with zero attached hydrogens (tertiary/aromatic N) is 2. The highest BCUT2D eigenvalue weighted by molar-refractivity contribution is 5.98. The van der Waals surface area contributed by atoms with E-state index in [1.165, 1.54) is 12.8 Å². The molecule has 0 saturated heterocycles. The number of amides is 1. The van der Waals surface area contributed by atoms with Crippen LogP contribution in [0, 0.1) is 11.8 Å². The van der Waals surface area contributed by atoms with Crippen LogP contribution in [0.1, 0.15) is 38.1 Å². The maximum absolute atomic E-state index is 12.3. The average Bonchev–Trinajstić information content (AvgIpc) is 3.02. The van der Waals surface area contributed by atoms with Crippen molar-refractivity contribution in [2.45, 2.75) is 38.1 Å². The van der Waals surface area contributed by atoms with Crippen LogP contribution in [0.4, 0.5) is 5.95 Å². The molecular formula is C17H19N3O3. The number of aromatic nitrogens is 2. The molecule has 2 atom stereocenters. The molecule has 23 heavy (non-hydrogen) atoms. The number of rotatable bonds is 4. The van der Waals surface area contributed by atoms with Crippen molar-refractivity contribution in [3.8, 4) is 0 Å². The largest absolute Gasteiger partial charge is 0.481 e. The van der Waals surface area contributed by atoms with E-state index in [2.05, 4.69) is 14.9 Å². The highest BCUT2D eigenvalue weighted by atomic mass is 16.4. The summed E-state index contributed by atoms with van der Waals surface area (Å²) in [5.74, 6) is -1.54. The van der Waals surface area contributed by atoms with E-state index in [4.69, 9.17) is 5.11 Å². The molecule has 0 aliphatic heterocycles. The Balaban J connectivity index is 1.65. The molecule has 0 radical (unpaired) electrons. The molecule has 0 unspecified atom stereocenters. The van der Waals surface area contributed by atoms with Crippen LogP contribution in [-0.4, -0.2) is 26.5 Å². The molecule has 0 spiro atoms. The number of para-hydroxylation sites is 2. The lowest BCUT2D eigenvalue weighted by atomic mass is 10.2. The van der Waals surface area contributed by atoms with Crippen molar-refractivity contribution in [3.63, 3.8) is 0 Å². The molecular weight excluding hydrogens is 294 g/mol. The normalized spacial score (nSPS) is 24.0. The third kappa shape index (κ3) is 2.48. The predicted molar refractivity (Wildman–Crippen MR) is 85.1 cm³/mol. The van der Waals surface area contributed by atoms with Crippen molar-refractivity contribution in [1.82, 2.24) is 9.55 Å². The minimum atomic E-state index is -0.894. The number of hydrogen-bond donors (Lipinski definition) is 2.